The predicted molar refractivity (Wildman–Crippen MR) is 105 cm³/mol. The summed E-state index contributed by atoms with van der Waals surface area (Å²) in [4.78, 5) is 12.2. The SMILES string of the molecule is Cc1ccc(C(C)NC(=O)CSCc2c(Cl)cccc2Cl)c(C)c1. The summed E-state index contributed by atoms with van der Waals surface area (Å²) >= 11 is 13.8. The van der Waals surface area contributed by atoms with Gasteiger partial charge in [0.15, 0.2) is 0 Å². The minimum absolute atomic E-state index is 0.00986. The molecule has 2 nitrogen and oxygen atoms in total. The van der Waals surface area contributed by atoms with Gasteiger partial charge < -0.3 is 5.32 Å². The molecular weight excluding hydrogens is 361 g/mol. The maximum Gasteiger partial charge on any atom is 0.230 e. The summed E-state index contributed by atoms with van der Waals surface area (Å²) in [5, 5.41) is 4.32. The zero-order valence-corrected chi connectivity index (χ0v) is 16.4. The van der Waals surface area contributed by atoms with Gasteiger partial charge in [-0.1, -0.05) is 53.0 Å². The van der Waals surface area contributed by atoms with E-state index in [0.717, 1.165) is 11.1 Å². The highest BCUT2D eigenvalue weighted by molar-refractivity contribution is 7.99. The molecule has 24 heavy (non-hydrogen) atoms. The summed E-state index contributed by atoms with van der Waals surface area (Å²) in [6.07, 6.45) is 0. The summed E-state index contributed by atoms with van der Waals surface area (Å²) in [5.74, 6) is 0.997. The van der Waals surface area contributed by atoms with Crippen LogP contribution in [-0.2, 0) is 10.5 Å². The van der Waals surface area contributed by atoms with Crippen molar-refractivity contribution in [3.63, 3.8) is 0 Å². The predicted octanol–water partition coefficient (Wildman–Crippen LogP) is 5.72. The van der Waals surface area contributed by atoms with Gasteiger partial charge in [-0.2, -0.15) is 0 Å². The molecule has 1 amide bonds. The number of rotatable bonds is 6. The number of benzene rings is 2. The van der Waals surface area contributed by atoms with Crippen LogP contribution >= 0.6 is 35.0 Å². The molecule has 1 atom stereocenters. The van der Waals surface area contributed by atoms with E-state index in [-0.39, 0.29) is 11.9 Å². The van der Waals surface area contributed by atoms with Crippen LogP contribution in [0.15, 0.2) is 36.4 Å². The van der Waals surface area contributed by atoms with Crippen LogP contribution in [0.5, 0.6) is 0 Å². The van der Waals surface area contributed by atoms with E-state index in [2.05, 4.69) is 37.4 Å². The van der Waals surface area contributed by atoms with Crippen molar-refractivity contribution >= 4 is 40.9 Å². The van der Waals surface area contributed by atoms with Crippen LogP contribution in [0.2, 0.25) is 10.0 Å². The van der Waals surface area contributed by atoms with Gasteiger partial charge in [-0.15, -0.1) is 11.8 Å². The maximum atomic E-state index is 12.2. The highest BCUT2D eigenvalue weighted by atomic mass is 35.5. The van der Waals surface area contributed by atoms with Gasteiger partial charge >= 0.3 is 0 Å². The summed E-state index contributed by atoms with van der Waals surface area (Å²) < 4.78 is 0. The van der Waals surface area contributed by atoms with Gasteiger partial charge in [-0.05, 0) is 49.6 Å². The van der Waals surface area contributed by atoms with Crippen molar-refractivity contribution in [3.05, 3.63) is 68.7 Å². The molecule has 0 bridgehead atoms. The van der Waals surface area contributed by atoms with Gasteiger partial charge in [0.1, 0.15) is 0 Å². The van der Waals surface area contributed by atoms with Crippen LogP contribution in [0.1, 0.15) is 35.2 Å². The van der Waals surface area contributed by atoms with E-state index in [0.29, 0.717) is 21.6 Å². The van der Waals surface area contributed by atoms with Crippen LogP contribution < -0.4 is 5.32 Å². The van der Waals surface area contributed by atoms with E-state index in [9.17, 15) is 4.79 Å². The zero-order chi connectivity index (χ0) is 17.7. The number of nitrogens with one attached hydrogen (secondary N) is 1. The molecule has 0 aliphatic rings. The van der Waals surface area contributed by atoms with Crippen molar-refractivity contribution in [3.8, 4) is 0 Å². The monoisotopic (exact) mass is 381 g/mol. The quantitative estimate of drug-likeness (QED) is 0.692. The van der Waals surface area contributed by atoms with Crippen molar-refractivity contribution in [2.24, 2.45) is 0 Å². The fraction of sp³-hybridized carbons (Fsp3) is 0.316. The molecule has 0 aliphatic carbocycles. The summed E-state index contributed by atoms with van der Waals surface area (Å²) in [6.45, 7) is 6.14. The molecular formula is C19H21Cl2NOS. The summed E-state index contributed by atoms with van der Waals surface area (Å²) in [6, 6.07) is 11.7. The average molecular weight is 382 g/mol. The fourth-order valence-corrected chi connectivity index (χ4v) is 4.16. The Kier molecular flexibility index (Phi) is 7.02. The molecule has 1 N–H and O–H groups in total. The van der Waals surface area contributed by atoms with Crippen LogP contribution in [0.25, 0.3) is 0 Å². The maximum absolute atomic E-state index is 12.2. The molecule has 0 fully saturated rings. The van der Waals surface area contributed by atoms with E-state index >= 15 is 0 Å². The molecule has 0 spiro atoms. The van der Waals surface area contributed by atoms with Crippen LogP contribution in [-0.4, -0.2) is 11.7 Å². The fourth-order valence-electron chi connectivity index (χ4n) is 2.59. The first-order valence-electron chi connectivity index (χ1n) is 7.75. The van der Waals surface area contributed by atoms with Crippen molar-refractivity contribution < 1.29 is 4.79 Å². The highest BCUT2D eigenvalue weighted by Crippen LogP contribution is 2.28. The lowest BCUT2D eigenvalue weighted by molar-refractivity contribution is -0.119. The van der Waals surface area contributed by atoms with Gasteiger partial charge in [-0.25, -0.2) is 0 Å². The highest BCUT2D eigenvalue weighted by Gasteiger charge is 2.12. The second-order valence-corrected chi connectivity index (χ2v) is 7.64. The largest absolute Gasteiger partial charge is 0.349 e. The summed E-state index contributed by atoms with van der Waals surface area (Å²) in [7, 11) is 0. The molecule has 0 saturated carbocycles. The van der Waals surface area contributed by atoms with Crippen LogP contribution in [0.4, 0.5) is 0 Å². The molecule has 0 heterocycles. The topological polar surface area (TPSA) is 29.1 Å². The Morgan fingerprint density at radius 2 is 1.83 bits per heavy atom. The first kappa shape index (κ1) is 19.2. The standard InChI is InChI=1S/C19H21Cl2NOS/c1-12-7-8-15(13(2)9-12)14(3)22-19(23)11-24-10-16-17(20)5-4-6-18(16)21/h4-9,14H,10-11H2,1-3H3,(H,22,23). The van der Waals surface area contributed by atoms with E-state index in [4.69, 9.17) is 23.2 Å². The number of amides is 1. The van der Waals surface area contributed by atoms with Gasteiger partial charge in [0.25, 0.3) is 0 Å². The third-order valence-electron chi connectivity index (χ3n) is 3.81. The lowest BCUT2D eigenvalue weighted by atomic mass is 10.0. The molecule has 5 heteroatoms. The Bertz CT molecular complexity index is 713. The Morgan fingerprint density at radius 1 is 1.17 bits per heavy atom. The second kappa shape index (κ2) is 8.80. The Balaban J connectivity index is 1.87. The molecule has 2 aromatic carbocycles. The molecule has 0 aromatic heterocycles. The summed E-state index contributed by atoms with van der Waals surface area (Å²) in [5.41, 5.74) is 4.44. The minimum Gasteiger partial charge on any atom is -0.349 e. The number of hydrogen-bond donors (Lipinski definition) is 1. The van der Waals surface area contributed by atoms with Crippen LogP contribution in [0, 0.1) is 13.8 Å². The van der Waals surface area contributed by atoms with Crippen molar-refractivity contribution in [2.75, 3.05) is 5.75 Å². The van der Waals surface area contributed by atoms with Gasteiger partial charge in [0.2, 0.25) is 5.91 Å². The first-order valence-corrected chi connectivity index (χ1v) is 9.66. The molecule has 128 valence electrons. The van der Waals surface area contributed by atoms with E-state index in [1.54, 1.807) is 0 Å². The second-order valence-electron chi connectivity index (χ2n) is 5.84. The van der Waals surface area contributed by atoms with Crippen LogP contribution in [0.3, 0.4) is 0 Å². The molecule has 0 aliphatic heterocycles. The van der Waals surface area contributed by atoms with Crippen molar-refractivity contribution in [2.45, 2.75) is 32.6 Å². The number of hydrogen-bond acceptors (Lipinski definition) is 2. The van der Waals surface area contributed by atoms with Crippen molar-refractivity contribution in [1.29, 1.82) is 0 Å². The third-order valence-corrected chi connectivity index (χ3v) is 5.48. The van der Waals surface area contributed by atoms with Gasteiger partial charge in [0.05, 0.1) is 11.8 Å². The smallest absolute Gasteiger partial charge is 0.230 e. The Labute approximate surface area is 157 Å². The average Bonchev–Trinajstić information content (AvgIpc) is 2.50. The van der Waals surface area contributed by atoms with Gasteiger partial charge in [0, 0.05) is 15.8 Å². The number of carbonyl (C=O) groups is 1. The molecule has 2 rings (SSSR count). The first-order chi connectivity index (χ1) is 11.4. The van der Waals surface area contributed by atoms with E-state index in [1.165, 1.54) is 22.9 Å². The Morgan fingerprint density at radius 3 is 2.46 bits per heavy atom. The number of halogens is 2. The molecule has 0 saturated heterocycles. The van der Waals surface area contributed by atoms with E-state index < -0.39 is 0 Å². The molecule has 1 unspecified atom stereocenters. The van der Waals surface area contributed by atoms with Crippen molar-refractivity contribution in [1.82, 2.24) is 5.32 Å². The lowest BCUT2D eigenvalue weighted by Gasteiger charge is -2.17. The molecule has 0 radical (unpaired) electrons. The van der Waals surface area contributed by atoms with Gasteiger partial charge in [-0.3, -0.25) is 4.79 Å². The number of aryl methyl sites for hydroxylation is 2. The third kappa shape index (κ3) is 5.17. The number of thioether (sulfide) groups is 1. The molecule has 2 aromatic rings. The minimum atomic E-state index is -0.0115. The zero-order valence-electron chi connectivity index (χ0n) is 14.0. The van der Waals surface area contributed by atoms with E-state index in [1.807, 2.05) is 25.1 Å². The Hall–Kier alpha value is -1.16. The normalized spacial score (nSPS) is 12.0. The number of carbonyl (C=O) groups excluding carboxylic acids is 1. The lowest BCUT2D eigenvalue weighted by Crippen LogP contribution is -2.28.